The van der Waals surface area contributed by atoms with E-state index in [0.717, 1.165) is 29.2 Å². The topological polar surface area (TPSA) is 71.1 Å². The van der Waals surface area contributed by atoms with Crippen LogP contribution in [-0.2, 0) is 11.3 Å². The van der Waals surface area contributed by atoms with Gasteiger partial charge >= 0.3 is 6.03 Å². The zero-order valence-electron chi connectivity index (χ0n) is 18.8. The fraction of sp³-hybridized carbons (Fsp3) is 0.440. The highest BCUT2D eigenvalue weighted by atomic mass is 16.5. The van der Waals surface area contributed by atoms with Crippen LogP contribution in [0.5, 0.6) is 11.5 Å². The summed E-state index contributed by atoms with van der Waals surface area (Å²) in [6, 6.07) is 15.4. The molecule has 1 N–H and O–H groups in total. The summed E-state index contributed by atoms with van der Waals surface area (Å²) in [5.74, 6) is 1.47. The molecular weight excluding hydrogens is 406 g/mol. The number of benzene rings is 2. The minimum Gasteiger partial charge on any atom is -0.496 e. The van der Waals surface area contributed by atoms with Gasteiger partial charge in [0.1, 0.15) is 17.6 Å². The van der Waals surface area contributed by atoms with Crippen molar-refractivity contribution in [3.05, 3.63) is 54.1 Å². The number of nitrogens with one attached hydrogen (secondary N) is 1. The van der Waals surface area contributed by atoms with Crippen LogP contribution in [0, 0.1) is 5.92 Å². The number of rotatable bonds is 5. The van der Waals surface area contributed by atoms with Crippen molar-refractivity contribution in [2.75, 3.05) is 31.6 Å². The Morgan fingerprint density at radius 3 is 2.56 bits per heavy atom. The third kappa shape index (κ3) is 4.66. The normalized spacial score (nSPS) is 18.5. The summed E-state index contributed by atoms with van der Waals surface area (Å²) in [7, 11) is 1.63. The first-order chi connectivity index (χ1) is 15.6. The highest BCUT2D eigenvalue weighted by Crippen LogP contribution is 2.35. The average Bonchev–Trinajstić information content (AvgIpc) is 2.86. The highest BCUT2D eigenvalue weighted by Gasteiger charge is 2.34. The van der Waals surface area contributed by atoms with Crippen LogP contribution >= 0.6 is 0 Å². The fourth-order valence-corrected chi connectivity index (χ4v) is 4.37. The molecule has 2 aliphatic heterocycles. The molecule has 170 valence electrons. The number of likely N-dealkylation sites (tertiary alicyclic amines) is 1. The molecule has 7 nitrogen and oxygen atoms in total. The van der Waals surface area contributed by atoms with Gasteiger partial charge in [0.05, 0.1) is 19.3 Å². The Morgan fingerprint density at radius 1 is 1.09 bits per heavy atom. The Kier molecular flexibility index (Phi) is 6.83. The van der Waals surface area contributed by atoms with E-state index in [1.54, 1.807) is 7.11 Å². The lowest BCUT2D eigenvalue weighted by molar-refractivity contribution is -0.126. The van der Waals surface area contributed by atoms with Gasteiger partial charge in [-0.25, -0.2) is 4.79 Å². The van der Waals surface area contributed by atoms with Crippen LogP contribution in [0.25, 0.3) is 0 Å². The molecule has 0 bridgehead atoms. The minimum atomic E-state index is -0.0888. The van der Waals surface area contributed by atoms with Gasteiger partial charge in [-0.15, -0.1) is 0 Å². The number of anilines is 1. The van der Waals surface area contributed by atoms with Crippen LogP contribution in [-0.4, -0.2) is 49.7 Å². The zero-order chi connectivity index (χ0) is 22.5. The monoisotopic (exact) mass is 437 g/mol. The molecule has 1 atom stereocenters. The Labute approximate surface area is 189 Å². The molecule has 0 aliphatic carbocycles. The van der Waals surface area contributed by atoms with Crippen molar-refractivity contribution >= 4 is 17.6 Å². The molecule has 0 spiro atoms. The number of nitrogens with zero attached hydrogens (tertiary/aromatic N) is 2. The van der Waals surface area contributed by atoms with Gasteiger partial charge in [0, 0.05) is 31.1 Å². The lowest BCUT2D eigenvalue weighted by atomic mass is 9.96. The summed E-state index contributed by atoms with van der Waals surface area (Å²) in [5, 5.41) is 3.03. The molecule has 1 fully saturated rings. The molecule has 2 aromatic carbocycles. The van der Waals surface area contributed by atoms with E-state index in [1.807, 2.05) is 58.3 Å². The molecule has 0 radical (unpaired) electrons. The fourth-order valence-electron chi connectivity index (χ4n) is 4.37. The van der Waals surface area contributed by atoms with Crippen molar-refractivity contribution in [3.63, 3.8) is 0 Å². The maximum Gasteiger partial charge on any atom is 0.324 e. The van der Waals surface area contributed by atoms with Crippen LogP contribution < -0.4 is 19.7 Å². The van der Waals surface area contributed by atoms with Gasteiger partial charge in [-0.05, 0) is 37.5 Å². The summed E-state index contributed by atoms with van der Waals surface area (Å²) < 4.78 is 11.4. The molecule has 2 aliphatic rings. The van der Waals surface area contributed by atoms with E-state index >= 15 is 0 Å². The molecule has 32 heavy (non-hydrogen) atoms. The molecule has 2 heterocycles. The van der Waals surface area contributed by atoms with Crippen molar-refractivity contribution in [1.82, 2.24) is 10.2 Å². The van der Waals surface area contributed by atoms with Crippen LogP contribution in [0.1, 0.15) is 31.7 Å². The van der Waals surface area contributed by atoms with E-state index in [0.29, 0.717) is 39.0 Å². The molecule has 0 aromatic heterocycles. The molecule has 0 saturated carbocycles. The number of carbonyl (C=O) groups is 2. The summed E-state index contributed by atoms with van der Waals surface area (Å²) in [6.45, 7) is 4.19. The van der Waals surface area contributed by atoms with E-state index in [1.165, 1.54) is 0 Å². The Balaban J connectivity index is 1.33. The predicted octanol–water partition coefficient (Wildman–Crippen LogP) is 3.82. The average molecular weight is 438 g/mol. The number of urea groups is 1. The summed E-state index contributed by atoms with van der Waals surface area (Å²) in [4.78, 5) is 29.7. The lowest BCUT2D eigenvalue weighted by Crippen LogP contribution is -2.52. The Morgan fingerprint density at radius 2 is 1.81 bits per heavy atom. The van der Waals surface area contributed by atoms with E-state index in [2.05, 4.69) is 12.2 Å². The summed E-state index contributed by atoms with van der Waals surface area (Å²) in [5.41, 5.74) is 1.77. The zero-order valence-corrected chi connectivity index (χ0v) is 18.8. The second-order valence-electron chi connectivity index (χ2n) is 8.30. The van der Waals surface area contributed by atoms with Crippen LogP contribution in [0.3, 0.4) is 0 Å². The largest absolute Gasteiger partial charge is 0.496 e. The minimum absolute atomic E-state index is 0.00727. The third-order valence-electron chi connectivity index (χ3n) is 6.30. The molecule has 1 saturated heterocycles. The first kappa shape index (κ1) is 22.0. The third-order valence-corrected chi connectivity index (χ3v) is 6.30. The molecular formula is C25H31N3O4. The highest BCUT2D eigenvalue weighted by molar-refractivity contribution is 5.94. The van der Waals surface area contributed by atoms with E-state index in [-0.39, 0.29) is 24.0 Å². The predicted molar refractivity (Wildman–Crippen MR) is 123 cm³/mol. The number of amides is 3. The Bertz CT molecular complexity index is 956. The number of para-hydroxylation sites is 3. The number of carbonyl (C=O) groups excluding carboxylic acids is 2. The van der Waals surface area contributed by atoms with Gasteiger partial charge < -0.3 is 19.7 Å². The van der Waals surface area contributed by atoms with E-state index in [9.17, 15) is 9.59 Å². The van der Waals surface area contributed by atoms with E-state index in [4.69, 9.17) is 9.47 Å². The van der Waals surface area contributed by atoms with Crippen molar-refractivity contribution in [3.8, 4) is 11.5 Å². The Hall–Kier alpha value is -3.22. The number of piperidine rings is 1. The van der Waals surface area contributed by atoms with Gasteiger partial charge in [0.2, 0.25) is 5.91 Å². The SMILES string of the molecule is CC[C@H]1CN(C(=O)N2CCC(C(=O)NCc3ccccc3OC)CC2)c2ccccc2O1. The summed E-state index contributed by atoms with van der Waals surface area (Å²) >= 11 is 0. The van der Waals surface area contributed by atoms with Crippen molar-refractivity contribution < 1.29 is 19.1 Å². The van der Waals surface area contributed by atoms with Crippen molar-refractivity contribution in [2.45, 2.75) is 38.8 Å². The number of hydrogen-bond acceptors (Lipinski definition) is 4. The van der Waals surface area contributed by atoms with Gasteiger partial charge in [-0.3, -0.25) is 9.69 Å². The smallest absolute Gasteiger partial charge is 0.324 e. The second-order valence-corrected chi connectivity index (χ2v) is 8.30. The quantitative estimate of drug-likeness (QED) is 0.772. The first-order valence-electron chi connectivity index (χ1n) is 11.3. The second kappa shape index (κ2) is 9.94. The number of hydrogen-bond donors (Lipinski definition) is 1. The maximum atomic E-state index is 13.3. The van der Waals surface area contributed by atoms with E-state index < -0.39 is 0 Å². The van der Waals surface area contributed by atoms with Crippen LogP contribution in [0.2, 0.25) is 0 Å². The maximum absolute atomic E-state index is 13.3. The van der Waals surface area contributed by atoms with Gasteiger partial charge in [-0.1, -0.05) is 37.3 Å². The van der Waals surface area contributed by atoms with Crippen molar-refractivity contribution in [2.24, 2.45) is 5.92 Å². The molecule has 0 unspecified atom stereocenters. The standard InChI is InChI=1S/C25H31N3O4/c1-3-20-17-28(21-9-5-7-11-23(21)32-20)25(30)27-14-12-18(13-15-27)24(29)26-16-19-8-4-6-10-22(19)31-2/h4-11,18,20H,3,12-17H2,1-2H3,(H,26,29)/t20-/m0/s1. The molecule has 2 aromatic rings. The molecule has 7 heteroatoms. The molecule has 4 rings (SSSR count). The van der Waals surface area contributed by atoms with Gasteiger partial charge in [0.15, 0.2) is 0 Å². The van der Waals surface area contributed by atoms with Gasteiger partial charge in [0.25, 0.3) is 0 Å². The van der Waals surface area contributed by atoms with Crippen LogP contribution in [0.4, 0.5) is 10.5 Å². The lowest BCUT2D eigenvalue weighted by Gasteiger charge is -2.39. The summed E-state index contributed by atoms with van der Waals surface area (Å²) in [6.07, 6.45) is 2.15. The number of fused-ring (bicyclic) bond motifs is 1. The van der Waals surface area contributed by atoms with Crippen LogP contribution in [0.15, 0.2) is 48.5 Å². The number of methoxy groups -OCH3 is 1. The number of ether oxygens (including phenoxy) is 2. The molecule has 3 amide bonds. The van der Waals surface area contributed by atoms with Gasteiger partial charge in [-0.2, -0.15) is 0 Å². The van der Waals surface area contributed by atoms with Crippen molar-refractivity contribution in [1.29, 1.82) is 0 Å². The first-order valence-corrected chi connectivity index (χ1v) is 11.3.